The first kappa shape index (κ1) is 11.3. The van der Waals surface area contributed by atoms with E-state index in [2.05, 4.69) is 22.0 Å². The van der Waals surface area contributed by atoms with Crippen LogP contribution in [0.25, 0.3) is 0 Å². The molecule has 3 heteroatoms. The number of imidazole rings is 1. The van der Waals surface area contributed by atoms with Crippen LogP contribution in [-0.4, -0.2) is 23.6 Å². The molecule has 0 unspecified atom stereocenters. The third-order valence-electron chi connectivity index (χ3n) is 1.91. The zero-order chi connectivity index (χ0) is 11.1. The lowest BCUT2D eigenvalue weighted by Crippen LogP contribution is -2.07. The molecule has 1 heterocycles. The largest absolute Gasteiger partial charge is 0.378 e. The van der Waals surface area contributed by atoms with Crippen molar-refractivity contribution in [3.05, 3.63) is 49.1 Å². The molecule has 0 fully saturated rings. The summed E-state index contributed by atoms with van der Waals surface area (Å²) in [5.74, 6) is 0. The second-order valence-corrected chi connectivity index (χ2v) is 3.46. The number of anilines is 1. The fraction of sp³-hybridized carbons (Fsp3) is 0.250. The van der Waals surface area contributed by atoms with Crippen molar-refractivity contribution < 1.29 is 0 Å². The lowest BCUT2D eigenvalue weighted by Gasteiger charge is -2.10. The Morgan fingerprint density at radius 1 is 1.13 bits per heavy atom. The molecule has 2 rings (SSSR count). The van der Waals surface area contributed by atoms with E-state index in [-0.39, 0.29) is 0 Å². The molecule has 1 aromatic heterocycles. The molecule has 0 amide bonds. The van der Waals surface area contributed by atoms with Gasteiger partial charge in [-0.2, -0.15) is 0 Å². The van der Waals surface area contributed by atoms with Gasteiger partial charge >= 0.3 is 0 Å². The molecule has 0 aliphatic heterocycles. The van der Waals surface area contributed by atoms with Crippen molar-refractivity contribution >= 4 is 5.69 Å². The van der Waals surface area contributed by atoms with E-state index < -0.39 is 0 Å². The van der Waals surface area contributed by atoms with Gasteiger partial charge in [-0.05, 0) is 12.1 Å². The van der Waals surface area contributed by atoms with Gasteiger partial charge in [0.2, 0.25) is 0 Å². The average Bonchev–Trinajstić information content (AvgIpc) is 2.71. The quantitative estimate of drug-likeness (QED) is 0.708. The summed E-state index contributed by atoms with van der Waals surface area (Å²) in [6.45, 7) is 0. The van der Waals surface area contributed by atoms with Gasteiger partial charge in [0.25, 0.3) is 0 Å². The Morgan fingerprint density at radius 2 is 1.80 bits per heavy atom. The summed E-state index contributed by atoms with van der Waals surface area (Å²) in [6.07, 6.45) is 5.39. The molecule has 2 aromatic rings. The third-order valence-corrected chi connectivity index (χ3v) is 1.91. The maximum atomic E-state index is 3.78. The van der Waals surface area contributed by atoms with Gasteiger partial charge < -0.3 is 9.47 Å². The number of benzene rings is 1. The Bertz CT molecular complexity index is 352. The Labute approximate surface area is 91.0 Å². The Balaban J connectivity index is 0.000000162. The van der Waals surface area contributed by atoms with Crippen LogP contribution >= 0.6 is 0 Å². The predicted molar refractivity (Wildman–Crippen MR) is 64.0 cm³/mol. The van der Waals surface area contributed by atoms with E-state index in [1.54, 1.807) is 12.5 Å². The van der Waals surface area contributed by atoms with Gasteiger partial charge in [0.1, 0.15) is 0 Å². The molecule has 15 heavy (non-hydrogen) atoms. The van der Waals surface area contributed by atoms with Crippen LogP contribution in [0.15, 0.2) is 49.1 Å². The van der Waals surface area contributed by atoms with Crippen molar-refractivity contribution in [2.45, 2.75) is 0 Å². The summed E-state index contributed by atoms with van der Waals surface area (Å²) in [7, 11) is 6.01. The van der Waals surface area contributed by atoms with Gasteiger partial charge in [-0.1, -0.05) is 18.2 Å². The van der Waals surface area contributed by atoms with Crippen LogP contribution in [0.3, 0.4) is 0 Å². The minimum Gasteiger partial charge on any atom is -0.378 e. The minimum atomic E-state index is 1.25. The number of hydrogen-bond donors (Lipinski definition) is 0. The number of aryl methyl sites for hydroxylation is 1. The second-order valence-electron chi connectivity index (χ2n) is 3.46. The first-order valence-corrected chi connectivity index (χ1v) is 4.84. The molecule has 0 atom stereocenters. The number of aromatic nitrogens is 2. The van der Waals surface area contributed by atoms with Crippen LogP contribution < -0.4 is 4.90 Å². The smallest absolute Gasteiger partial charge is 0.0943 e. The molecule has 0 aliphatic carbocycles. The van der Waals surface area contributed by atoms with Crippen molar-refractivity contribution in [3.63, 3.8) is 0 Å². The van der Waals surface area contributed by atoms with Crippen molar-refractivity contribution in [1.29, 1.82) is 0 Å². The second kappa shape index (κ2) is 5.86. The van der Waals surface area contributed by atoms with Gasteiger partial charge in [-0.3, -0.25) is 0 Å². The van der Waals surface area contributed by atoms with Crippen molar-refractivity contribution in [2.75, 3.05) is 19.0 Å². The van der Waals surface area contributed by atoms with Gasteiger partial charge in [-0.25, -0.2) is 4.98 Å². The van der Waals surface area contributed by atoms with E-state index >= 15 is 0 Å². The molecular weight excluding hydrogens is 186 g/mol. The standard InChI is InChI=1S/C8H11N.C4H6N2/c1-9(2)8-6-4-3-5-7-8;1-6-3-2-5-4-6/h3-7H,1-2H3;2-4H,1H3. The summed E-state index contributed by atoms with van der Waals surface area (Å²) < 4.78 is 1.89. The topological polar surface area (TPSA) is 21.1 Å². The molecule has 0 radical (unpaired) electrons. The number of para-hydroxylation sites is 1. The van der Waals surface area contributed by atoms with E-state index in [0.29, 0.717) is 0 Å². The highest BCUT2D eigenvalue weighted by molar-refractivity contribution is 5.43. The predicted octanol–water partition coefficient (Wildman–Crippen LogP) is 2.17. The molecule has 0 bridgehead atoms. The highest BCUT2D eigenvalue weighted by Gasteiger charge is 1.87. The van der Waals surface area contributed by atoms with Crippen LogP contribution in [0.4, 0.5) is 5.69 Å². The summed E-state index contributed by atoms with van der Waals surface area (Å²) in [5, 5.41) is 0. The van der Waals surface area contributed by atoms with E-state index in [4.69, 9.17) is 0 Å². The van der Waals surface area contributed by atoms with Crippen LogP contribution in [0.2, 0.25) is 0 Å². The zero-order valence-corrected chi connectivity index (χ0v) is 9.46. The first-order chi connectivity index (χ1) is 7.20. The normalized spacial score (nSPS) is 9.00. The van der Waals surface area contributed by atoms with Gasteiger partial charge in [0.05, 0.1) is 6.33 Å². The molecule has 80 valence electrons. The Morgan fingerprint density at radius 3 is 2.07 bits per heavy atom. The monoisotopic (exact) mass is 203 g/mol. The van der Waals surface area contributed by atoms with E-state index in [9.17, 15) is 0 Å². The average molecular weight is 203 g/mol. The molecule has 0 spiro atoms. The maximum absolute atomic E-state index is 3.78. The third kappa shape index (κ3) is 4.31. The van der Waals surface area contributed by atoms with Crippen molar-refractivity contribution in [2.24, 2.45) is 7.05 Å². The SMILES string of the molecule is CN(C)c1ccccc1.Cn1ccnc1. The van der Waals surface area contributed by atoms with Gasteiger partial charge in [0.15, 0.2) is 0 Å². The molecule has 3 nitrogen and oxygen atoms in total. The van der Waals surface area contributed by atoms with Crippen LogP contribution in [0.5, 0.6) is 0 Å². The molecule has 1 aromatic carbocycles. The lowest BCUT2D eigenvalue weighted by molar-refractivity contribution is 0.913. The van der Waals surface area contributed by atoms with Gasteiger partial charge in [0, 0.05) is 39.2 Å². The molecule has 0 N–H and O–H groups in total. The van der Waals surface area contributed by atoms with Crippen molar-refractivity contribution in [3.8, 4) is 0 Å². The van der Waals surface area contributed by atoms with Crippen LogP contribution in [-0.2, 0) is 7.05 Å². The first-order valence-electron chi connectivity index (χ1n) is 4.84. The maximum Gasteiger partial charge on any atom is 0.0943 e. The fourth-order valence-corrected chi connectivity index (χ4v) is 1.05. The highest BCUT2D eigenvalue weighted by atomic mass is 15.1. The zero-order valence-electron chi connectivity index (χ0n) is 9.46. The van der Waals surface area contributed by atoms with Crippen LogP contribution in [0, 0.1) is 0 Å². The molecular formula is C12H17N3. The minimum absolute atomic E-state index is 1.25. The number of nitrogens with zero attached hydrogens (tertiary/aromatic N) is 3. The van der Waals surface area contributed by atoms with Crippen molar-refractivity contribution in [1.82, 2.24) is 9.55 Å². The van der Waals surface area contributed by atoms with Crippen LogP contribution in [0.1, 0.15) is 0 Å². The highest BCUT2D eigenvalue weighted by Crippen LogP contribution is 2.07. The Kier molecular flexibility index (Phi) is 4.41. The fourth-order valence-electron chi connectivity index (χ4n) is 1.05. The number of rotatable bonds is 1. The summed E-state index contributed by atoms with van der Waals surface area (Å²) in [4.78, 5) is 5.87. The Hall–Kier alpha value is -1.77. The van der Waals surface area contributed by atoms with E-state index in [1.807, 2.05) is 50.1 Å². The lowest BCUT2D eigenvalue weighted by atomic mass is 10.3. The van der Waals surface area contributed by atoms with E-state index in [1.165, 1.54) is 5.69 Å². The summed E-state index contributed by atoms with van der Waals surface area (Å²) in [6, 6.07) is 10.3. The summed E-state index contributed by atoms with van der Waals surface area (Å²) >= 11 is 0. The molecule has 0 aliphatic rings. The number of hydrogen-bond acceptors (Lipinski definition) is 2. The molecule has 0 saturated carbocycles. The van der Waals surface area contributed by atoms with Gasteiger partial charge in [-0.15, -0.1) is 0 Å². The summed E-state index contributed by atoms with van der Waals surface area (Å²) in [5.41, 5.74) is 1.25. The van der Waals surface area contributed by atoms with E-state index in [0.717, 1.165) is 0 Å². The molecule has 0 saturated heterocycles.